The quantitative estimate of drug-likeness (QED) is 0.732. The van der Waals surface area contributed by atoms with Gasteiger partial charge in [0.15, 0.2) is 0 Å². The van der Waals surface area contributed by atoms with E-state index in [9.17, 15) is 14.0 Å². The molecule has 0 saturated heterocycles. The van der Waals surface area contributed by atoms with Crippen LogP contribution in [0, 0.1) is 5.82 Å². The summed E-state index contributed by atoms with van der Waals surface area (Å²) in [6.45, 7) is 2.03. The Hall–Kier alpha value is -2.11. The standard InChI is InChI=1S/C13H17FN2O3/c1-2-11(12(17)18)16-13(19)15-8-7-9-3-5-10(14)6-4-9/h3-6,11H,2,7-8H2,1H3,(H,17,18)(H2,15,16,19). The molecule has 0 aliphatic carbocycles. The maximum Gasteiger partial charge on any atom is 0.326 e. The number of carboxylic acid groups (broad SMARTS) is 1. The number of halogens is 1. The first-order chi connectivity index (χ1) is 9.02. The van der Waals surface area contributed by atoms with Gasteiger partial charge in [0.05, 0.1) is 0 Å². The van der Waals surface area contributed by atoms with Crippen LogP contribution in [-0.4, -0.2) is 29.7 Å². The van der Waals surface area contributed by atoms with E-state index in [0.717, 1.165) is 5.56 Å². The van der Waals surface area contributed by atoms with Gasteiger partial charge in [0, 0.05) is 6.54 Å². The molecule has 104 valence electrons. The van der Waals surface area contributed by atoms with Gasteiger partial charge in [-0.05, 0) is 30.5 Å². The fourth-order valence-corrected chi connectivity index (χ4v) is 1.52. The molecule has 1 aromatic carbocycles. The normalized spacial score (nSPS) is 11.7. The highest BCUT2D eigenvalue weighted by Gasteiger charge is 2.16. The van der Waals surface area contributed by atoms with Crippen LogP contribution in [0.2, 0.25) is 0 Å². The smallest absolute Gasteiger partial charge is 0.326 e. The predicted molar refractivity (Wildman–Crippen MR) is 68.4 cm³/mol. The van der Waals surface area contributed by atoms with Gasteiger partial charge in [-0.1, -0.05) is 19.1 Å². The number of hydrogen-bond acceptors (Lipinski definition) is 2. The summed E-state index contributed by atoms with van der Waals surface area (Å²) in [6.07, 6.45) is 0.873. The van der Waals surface area contributed by atoms with Crippen LogP contribution >= 0.6 is 0 Å². The number of urea groups is 1. The number of aliphatic carboxylic acids is 1. The zero-order valence-electron chi connectivity index (χ0n) is 10.6. The molecular formula is C13H17FN2O3. The van der Waals surface area contributed by atoms with Crippen molar-refractivity contribution in [3.63, 3.8) is 0 Å². The van der Waals surface area contributed by atoms with E-state index in [1.54, 1.807) is 19.1 Å². The van der Waals surface area contributed by atoms with Gasteiger partial charge in [0.2, 0.25) is 0 Å². The van der Waals surface area contributed by atoms with Crippen molar-refractivity contribution in [3.05, 3.63) is 35.6 Å². The molecule has 5 nitrogen and oxygen atoms in total. The highest BCUT2D eigenvalue weighted by molar-refractivity contribution is 5.82. The van der Waals surface area contributed by atoms with Crippen LogP contribution in [0.4, 0.5) is 9.18 Å². The third kappa shape index (κ3) is 5.37. The summed E-state index contributed by atoms with van der Waals surface area (Å²) in [5.41, 5.74) is 0.895. The topological polar surface area (TPSA) is 78.4 Å². The molecule has 0 heterocycles. The lowest BCUT2D eigenvalue weighted by atomic mass is 10.1. The molecule has 0 aromatic heterocycles. The van der Waals surface area contributed by atoms with Crippen LogP contribution in [0.5, 0.6) is 0 Å². The molecule has 1 aromatic rings. The zero-order valence-corrected chi connectivity index (χ0v) is 10.6. The summed E-state index contributed by atoms with van der Waals surface area (Å²) < 4.78 is 12.7. The van der Waals surface area contributed by atoms with Crippen LogP contribution in [0.25, 0.3) is 0 Å². The molecule has 0 aliphatic rings. The van der Waals surface area contributed by atoms with Crippen molar-refractivity contribution in [2.75, 3.05) is 6.54 Å². The number of hydrogen-bond donors (Lipinski definition) is 3. The molecule has 19 heavy (non-hydrogen) atoms. The second kappa shape index (κ2) is 7.35. The maximum absolute atomic E-state index is 12.7. The van der Waals surface area contributed by atoms with E-state index in [1.165, 1.54) is 12.1 Å². The highest BCUT2D eigenvalue weighted by atomic mass is 19.1. The predicted octanol–water partition coefficient (Wildman–Crippen LogP) is 1.53. The first kappa shape index (κ1) is 14.9. The number of benzene rings is 1. The lowest BCUT2D eigenvalue weighted by Crippen LogP contribution is -2.46. The third-order valence-corrected chi connectivity index (χ3v) is 2.62. The van der Waals surface area contributed by atoms with E-state index in [-0.39, 0.29) is 5.82 Å². The van der Waals surface area contributed by atoms with Gasteiger partial charge in [-0.25, -0.2) is 14.0 Å². The fourth-order valence-electron chi connectivity index (χ4n) is 1.52. The van der Waals surface area contributed by atoms with E-state index in [2.05, 4.69) is 10.6 Å². The molecule has 0 aliphatic heterocycles. The van der Waals surface area contributed by atoms with E-state index in [4.69, 9.17) is 5.11 Å². The summed E-state index contributed by atoms with van der Waals surface area (Å²) in [5, 5.41) is 13.7. The lowest BCUT2D eigenvalue weighted by Gasteiger charge is -2.13. The van der Waals surface area contributed by atoms with Crippen LogP contribution in [0.3, 0.4) is 0 Å². The second-order valence-corrected chi connectivity index (χ2v) is 4.08. The number of rotatable bonds is 6. The van der Waals surface area contributed by atoms with E-state index in [1.807, 2.05) is 0 Å². The van der Waals surface area contributed by atoms with Crippen LogP contribution in [-0.2, 0) is 11.2 Å². The summed E-state index contributed by atoms with van der Waals surface area (Å²) in [4.78, 5) is 22.1. The largest absolute Gasteiger partial charge is 0.480 e. The maximum atomic E-state index is 12.7. The molecule has 1 rings (SSSR count). The number of amides is 2. The highest BCUT2D eigenvalue weighted by Crippen LogP contribution is 2.02. The van der Waals surface area contributed by atoms with Crippen molar-refractivity contribution < 1.29 is 19.1 Å². The van der Waals surface area contributed by atoms with Crippen molar-refractivity contribution in [2.24, 2.45) is 0 Å². The molecule has 6 heteroatoms. The molecule has 0 radical (unpaired) electrons. The minimum Gasteiger partial charge on any atom is -0.480 e. The minimum atomic E-state index is -1.06. The average Bonchev–Trinajstić information content (AvgIpc) is 2.38. The third-order valence-electron chi connectivity index (χ3n) is 2.62. The van der Waals surface area contributed by atoms with Crippen molar-refractivity contribution in [1.29, 1.82) is 0 Å². The molecule has 0 fully saturated rings. The van der Waals surface area contributed by atoms with Gasteiger partial charge >= 0.3 is 12.0 Å². The number of carbonyl (C=O) groups excluding carboxylic acids is 1. The van der Waals surface area contributed by atoms with Gasteiger partial charge < -0.3 is 15.7 Å². The summed E-state index contributed by atoms with van der Waals surface area (Å²) in [7, 11) is 0. The Bertz CT molecular complexity index is 434. The van der Waals surface area contributed by atoms with Gasteiger partial charge in [0.25, 0.3) is 0 Å². The molecule has 0 spiro atoms. The Morgan fingerprint density at radius 3 is 2.47 bits per heavy atom. The van der Waals surface area contributed by atoms with Crippen molar-refractivity contribution in [2.45, 2.75) is 25.8 Å². The molecular weight excluding hydrogens is 251 g/mol. The van der Waals surface area contributed by atoms with E-state index < -0.39 is 18.0 Å². The summed E-state index contributed by atoms with van der Waals surface area (Å²) in [5.74, 6) is -1.36. The first-order valence-electron chi connectivity index (χ1n) is 6.04. The van der Waals surface area contributed by atoms with Crippen molar-refractivity contribution in [1.82, 2.24) is 10.6 Å². The Morgan fingerprint density at radius 1 is 1.32 bits per heavy atom. The van der Waals surface area contributed by atoms with Gasteiger partial charge in [0.1, 0.15) is 11.9 Å². The Balaban J connectivity index is 2.30. The summed E-state index contributed by atoms with van der Waals surface area (Å²) in [6, 6.07) is 4.59. The van der Waals surface area contributed by atoms with Crippen LogP contribution in [0.1, 0.15) is 18.9 Å². The second-order valence-electron chi connectivity index (χ2n) is 4.08. The van der Waals surface area contributed by atoms with Crippen molar-refractivity contribution >= 4 is 12.0 Å². The Morgan fingerprint density at radius 2 is 1.95 bits per heavy atom. The average molecular weight is 268 g/mol. The molecule has 1 unspecified atom stereocenters. The van der Waals surface area contributed by atoms with Gasteiger partial charge in [-0.15, -0.1) is 0 Å². The SMILES string of the molecule is CCC(NC(=O)NCCc1ccc(F)cc1)C(=O)O. The zero-order chi connectivity index (χ0) is 14.3. The van der Waals surface area contributed by atoms with Gasteiger partial charge in [-0.3, -0.25) is 0 Å². The van der Waals surface area contributed by atoms with Crippen molar-refractivity contribution in [3.8, 4) is 0 Å². The molecule has 0 bridgehead atoms. The van der Waals surface area contributed by atoms with Crippen LogP contribution in [0.15, 0.2) is 24.3 Å². The molecule has 1 atom stereocenters. The minimum absolute atomic E-state index is 0.304. The number of carboxylic acids is 1. The van der Waals surface area contributed by atoms with E-state index in [0.29, 0.717) is 19.4 Å². The van der Waals surface area contributed by atoms with Gasteiger partial charge in [-0.2, -0.15) is 0 Å². The Kier molecular flexibility index (Phi) is 5.78. The van der Waals surface area contributed by atoms with E-state index >= 15 is 0 Å². The molecule has 3 N–H and O–H groups in total. The Labute approximate surface area is 110 Å². The lowest BCUT2D eigenvalue weighted by molar-refractivity contribution is -0.139. The molecule has 0 saturated carbocycles. The number of carbonyl (C=O) groups is 2. The first-order valence-corrected chi connectivity index (χ1v) is 6.04. The summed E-state index contributed by atoms with van der Waals surface area (Å²) >= 11 is 0. The number of nitrogens with one attached hydrogen (secondary N) is 2. The monoisotopic (exact) mass is 268 g/mol. The van der Waals surface area contributed by atoms with Crippen LogP contribution < -0.4 is 10.6 Å². The fraction of sp³-hybridized carbons (Fsp3) is 0.385. The molecule has 2 amide bonds.